The molecule has 0 saturated heterocycles. The number of nitrogens with two attached hydrogens (primary N) is 1. The molecule has 1 aliphatic rings. The van der Waals surface area contributed by atoms with Crippen molar-refractivity contribution in [3.63, 3.8) is 0 Å². The van der Waals surface area contributed by atoms with Crippen LogP contribution in [0.4, 0.5) is 0 Å². The molecule has 0 atom stereocenters. The second-order valence-electron chi connectivity index (χ2n) is 5.81. The van der Waals surface area contributed by atoms with Crippen molar-refractivity contribution in [2.24, 2.45) is 11.7 Å². The van der Waals surface area contributed by atoms with E-state index in [4.69, 9.17) is 10.5 Å². The first-order valence-electron chi connectivity index (χ1n) is 7.20. The zero-order chi connectivity index (χ0) is 13.8. The Kier molecular flexibility index (Phi) is 4.83. The molecule has 0 spiro atoms. The van der Waals surface area contributed by atoms with E-state index in [1.807, 2.05) is 0 Å². The highest BCUT2D eigenvalue weighted by atomic mass is 16.5. The highest BCUT2D eigenvalue weighted by molar-refractivity contribution is 5.43. The highest BCUT2D eigenvalue weighted by Gasteiger charge is 2.24. The molecule has 1 aromatic carbocycles. The number of benzene rings is 1. The number of ether oxygens (including phenoxy) is 1. The predicted octanol–water partition coefficient (Wildman–Crippen LogP) is 2.18. The van der Waals surface area contributed by atoms with E-state index in [-0.39, 0.29) is 0 Å². The summed E-state index contributed by atoms with van der Waals surface area (Å²) in [7, 11) is 1.75. The Balaban J connectivity index is 1.82. The molecule has 0 radical (unpaired) electrons. The minimum absolute atomic E-state index is 0.450. The molecule has 0 unspecified atom stereocenters. The molecule has 1 fully saturated rings. The smallest absolute Gasteiger partial charge is 0.122 e. The third-order valence-electron chi connectivity index (χ3n) is 4.05. The van der Waals surface area contributed by atoms with Crippen LogP contribution in [0, 0.1) is 19.8 Å². The van der Waals surface area contributed by atoms with Gasteiger partial charge >= 0.3 is 0 Å². The number of hydrogen-bond acceptors (Lipinski definition) is 3. The lowest BCUT2D eigenvalue weighted by molar-refractivity contribution is 0.257. The number of nitrogens with one attached hydrogen (secondary N) is 1. The Hall–Kier alpha value is -1.06. The van der Waals surface area contributed by atoms with Crippen LogP contribution in [0.25, 0.3) is 0 Å². The van der Waals surface area contributed by atoms with E-state index < -0.39 is 0 Å². The molecule has 1 aromatic rings. The van der Waals surface area contributed by atoms with Crippen LogP contribution in [-0.2, 0) is 6.42 Å². The van der Waals surface area contributed by atoms with Crippen molar-refractivity contribution in [1.29, 1.82) is 0 Å². The molecule has 3 nitrogen and oxygen atoms in total. The van der Waals surface area contributed by atoms with Crippen molar-refractivity contribution in [3.8, 4) is 5.75 Å². The minimum Gasteiger partial charge on any atom is -0.496 e. The topological polar surface area (TPSA) is 47.3 Å². The minimum atomic E-state index is 0.450. The maximum atomic E-state index is 5.79. The van der Waals surface area contributed by atoms with Crippen molar-refractivity contribution >= 4 is 0 Å². The number of hydrogen-bond donors (Lipinski definition) is 2. The summed E-state index contributed by atoms with van der Waals surface area (Å²) in [4.78, 5) is 0. The summed E-state index contributed by atoms with van der Waals surface area (Å²) in [6.07, 6.45) is 3.38. The standard InChI is InChI=1S/C16H26N2O/c1-11-6-12(2)15(16(7-11)19-3)4-5-18-10-13-8-14(17)9-13/h6-7,13-14,18H,4-5,8-10,17H2,1-3H3. The van der Waals surface area contributed by atoms with E-state index in [1.165, 1.54) is 29.5 Å². The molecule has 2 rings (SSSR count). The maximum absolute atomic E-state index is 5.79. The average Bonchev–Trinajstić information content (AvgIpc) is 2.33. The second kappa shape index (κ2) is 6.40. The van der Waals surface area contributed by atoms with Gasteiger partial charge in [0.15, 0.2) is 0 Å². The third-order valence-corrected chi connectivity index (χ3v) is 4.05. The van der Waals surface area contributed by atoms with Crippen LogP contribution in [0.15, 0.2) is 12.1 Å². The van der Waals surface area contributed by atoms with Crippen LogP contribution >= 0.6 is 0 Å². The van der Waals surface area contributed by atoms with Crippen LogP contribution in [0.3, 0.4) is 0 Å². The van der Waals surface area contributed by atoms with Gasteiger partial charge in [0, 0.05) is 6.04 Å². The van der Waals surface area contributed by atoms with E-state index in [9.17, 15) is 0 Å². The maximum Gasteiger partial charge on any atom is 0.122 e. The third kappa shape index (κ3) is 3.71. The second-order valence-corrected chi connectivity index (χ2v) is 5.81. The van der Waals surface area contributed by atoms with Gasteiger partial charge in [-0.05, 0) is 74.9 Å². The van der Waals surface area contributed by atoms with E-state index in [0.29, 0.717) is 6.04 Å². The van der Waals surface area contributed by atoms with Crippen LogP contribution in [0.1, 0.15) is 29.5 Å². The first-order chi connectivity index (χ1) is 9.10. The van der Waals surface area contributed by atoms with Gasteiger partial charge in [0.25, 0.3) is 0 Å². The number of aryl methyl sites for hydroxylation is 2. The van der Waals surface area contributed by atoms with E-state index >= 15 is 0 Å². The fourth-order valence-corrected chi connectivity index (χ4v) is 2.93. The van der Waals surface area contributed by atoms with Crippen molar-refractivity contribution in [2.45, 2.75) is 39.2 Å². The van der Waals surface area contributed by atoms with Crippen LogP contribution < -0.4 is 15.8 Å². The molecule has 3 heteroatoms. The highest BCUT2D eigenvalue weighted by Crippen LogP contribution is 2.25. The number of rotatable bonds is 6. The SMILES string of the molecule is COc1cc(C)cc(C)c1CCNCC1CC(N)C1. The zero-order valence-electron chi connectivity index (χ0n) is 12.3. The lowest BCUT2D eigenvalue weighted by Crippen LogP contribution is -2.41. The first-order valence-corrected chi connectivity index (χ1v) is 7.20. The van der Waals surface area contributed by atoms with Crippen molar-refractivity contribution in [1.82, 2.24) is 5.32 Å². The first kappa shape index (κ1) is 14.4. The average molecular weight is 262 g/mol. The summed E-state index contributed by atoms with van der Waals surface area (Å²) < 4.78 is 5.49. The van der Waals surface area contributed by atoms with Gasteiger partial charge < -0.3 is 15.8 Å². The normalized spacial score (nSPS) is 22.1. The Bertz CT molecular complexity index is 425. The molecule has 1 aliphatic carbocycles. The Labute approximate surface area is 116 Å². The summed E-state index contributed by atoms with van der Waals surface area (Å²) in [5.74, 6) is 1.81. The molecule has 1 saturated carbocycles. The summed E-state index contributed by atoms with van der Waals surface area (Å²) >= 11 is 0. The Morgan fingerprint density at radius 3 is 2.68 bits per heavy atom. The molecule has 0 aliphatic heterocycles. The number of methoxy groups -OCH3 is 1. The Morgan fingerprint density at radius 1 is 1.32 bits per heavy atom. The molecule has 0 aromatic heterocycles. The fourth-order valence-electron chi connectivity index (χ4n) is 2.93. The van der Waals surface area contributed by atoms with Gasteiger partial charge in [0.05, 0.1) is 7.11 Å². The van der Waals surface area contributed by atoms with Gasteiger partial charge in [-0.15, -0.1) is 0 Å². The van der Waals surface area contributed by atoms with Gasteiger partial charge in [-0.3, -0.25) is 0 Å². The van der Waals surface area contributed by atoms with E-state index in [1.54, 1.807) is 7.11 Å². The van der Waals surface area contributed by atoms with E-state index in [2.05, 4.69) is 31.3 Å². The quantitative estimate of drug-likeness (QED) is 0.773. The fraction of sp³-hybridized carbons (Fsp3) is 0.625. The van der Waals surface area contributed by atoms with E-state index in [0.717, 1.165) is 31.2 Å². The summed E-state index contributed by atoms with van der Waals surface area (Å²) in [6, 6.07) is 4.79. The van der Waals surface area contributed by atoms with Crippen LogP contribution in [-0.4, -0.2) is 26.2 Å². The monoisotopic (exact) mass is 262 g/mol. The molecular weight excluding hydrogens is 236 g/mol. The van der Waals surface area contributed by atoms with Gasteiger partial charge in [0.2, 0.25) is 0 Å². The predicted molar refractivity (Wildman–Crippen MR) is 79.7 cm³/mol. The summed E-state index contributed by atoms with van der Waals surface area (Å²) in [5.41, 5.74) is 9.70. The molecule has 3 N–H and O–H groups in total. The Morgan fingerprint density at radius 2 is 2.05 bits per heavy atom. The lowest BCUT2D eigenvalue weighted by Gasteiger charge is -2.32. The molecule has 0 heterocycles. The van der Waals surface area contributed by atoms with Gasteiger partial charge in [-0.25, -0.2) is 0 Å². The van der Waals surface area contributed by atoms with Gasteiger partial charge in [-0.2, -0.15) is 0 Å². The largest absolute Gasteiger partial charge is 0.496 e. The van der Waals surface area contributed by atoms with Crippen LogP contribution in [0.2, 0.25) is 0 Å². The zero-order valence-corrected chi connectivity index (χ0v) is 12.3. The summed E-state index contributed by atoms with van der Waals surface area (Å²) in [5, 5.41) is 3.54. The molecule has 106 valence electrons. The van der Waals surface area contributed by atoms with Crippen molar-refractivity contribution in [3.05, 3.63) is 28.8 Å². The van der Waals surface area contributed by atoms with Gasteiger partial charge in [0.1, 0.15) is 5.75 Å². The molecule has 19 heavy (non-hydrogen) atoms. The van der Waals surface area contributed by atoms with Crippen molar-refractivity contribution in [2.75, 3.05) is 20.2 Å². The van der Waals surface area contributed by atoms with Gasteiger partial charge in [-0.1, -0.05) is 6.07 Å². The lowest BCUT2D eigenvalue weighted by atomic mass is 9.81. The molecule has 0 amide bonds. The van der Waals surface area contributed by atoms with Crippen LogP contribution in [0.5, 0.6) is 5.75 Å². The van der Waals surface area contributed by atoms with Crippen molar-refractivity contribution < 1.29 is 4.74 Å². The molecule has 0 bridgehead atoms. The summed E-state index contributed by atoms with van der Waals surface area (Å²) in [6.45, 7) is 6.38. The molecular formula is C16H26N2O.